The molecule has 27 heavy (non-hydrogen) atoms. The molecule has 1 heterocycles. The lowest BCUT2D eigenvalue weighted by Gasteiger charge is -2.16. The Balaban J connectivity index is 1.76. The fraction of sp³-hybridized carbons (Fsp3) is 0.316. The van der Waals surface area contributed by atoms with Crippen molar-refractivity contribution >= 4 is 40.0 Å². The van der Waals surface area contributed by atoms with E-state index in [0.717, 1.165) is 16.2 Å². The van der Waals surface area contributed by atoms with Gasteiger partial charge in [-0.15, -0.1) is 11.6 Å². The van der Waals surface area contributed by atoms with Gasteiger partial charge in [-0.25, -0.2) is 4.99 Å². The molecule has 2 atom stereocenters. The van der Waals surface area contributed by atoms with Crippen molar-refractivity contribution in [3.63, 3.8) is 0 Å². The number of ether oxygens (including phenoxy) is 4. The maximum Gasteiger partial charge on any atom is 0.203 e. The van der Waals surface area contributed by atoms with Crippen LogP contribution in [0.2, 0.25) is 5.02 Å². The summed E-state index contributed by atoms with van der Waals surface area (Å²) < 4.78 is 21.7. The number of alkyl halides is 1. The first-order valence-corrected chi connectivity index (χ1v) is 9.80. The third-order valence-corrected chi connectivity index (χ3v) is 5.76. The molecule has 144 valence electrons. The van der Waals surface area contributed by atoms with E-state index in [1.54, 1.807) is 21.3 Å². The van der Waals surface area contributed by atoms with Crippen LogP contribution in [0, 0.1) is 0 Å². The fourth-order valence-electron chi connectivity index (χ4n) is 2.65. The first-order chi connectivity index (χ1) is 13.1. The molecule has 2 aromatic carbocycles. The molecule has 0 amide bonds. The Kier molecular flexibility index (Phi) is 6.76. The van der Waals surface area contributed by atoms with Gasteiger partial charge < -0.3 is 18.9 Å². The third kappa shape index (κ3) is 4.46. The Morgan fingerprint density at radius 3 is 2.30 bits per heavy atom. The Labute approximate surface area is 172 Å². The smallest absolute Gasteiger partial charge is 0.203 e. The van der Waals surface area contributed by atoms with Gasteiger partial charge in [0.25, 0.3) is 0 Å². The van der Waals surface area contributed by atoms with Crippen LogP contribution >= 0.6 is 35.0 Å². The average Bonchev–Trinajstić information content (AvgIpc) is 3.06. The van der Waals surface area contributed by atoms with E-state index in [0.29, 0.717) is 28.9 Å². The maximum atomic E-state index is 6.42. The minimum Gasteiger partial charge on any atom is -0.493 e. The van der Waals surface area contributed by atoms with Crippen molar-refractivity contribution in [2.75, 3.05) is 21.3 Å². The van der Waals surface area contributed by atoms with E-state index in [-0.39, 0.29) is 4.71 Å². The molecule has 8 heteroatoms. The van der Waals surface area contributed by atoms with E-state index in [9.17, 15) is 0 Å². The highest BCUT2D eigenvalue weighted by atomic mass is 35.5. The van der Waals surface area contributed by atoms with Crippen LogP contribution < -0.4 is 14.2 Å². The van der Waals surface area contributed by atoms with Crippen molar-refractivity contribution in [3.8, 4) is 17.2 Å². The zero-order chi connectivity index (χ0) is 19.4. The van der Waals surface area contributed by atoms with Crippen molar-refractivity contribution in [2.24, 2.45) is 4.99 Å². The van der Waals surface area contributed by atoms with Crippen molar-refractivity contribution in [1.82, 2.24) is 0 Å². The molecule has 0 aromatic heterocycles. The lowest BCUT2D eigenvalue weighted by atomic mass is 10.2. The zero-order valence-electron chi connectivity index (χ0n) is 15.1. The highest BCUT2D eigenvalue weighted by Crippen LogP contribution is 2.39. The third-order valence-electron chi connectivity index (χ3n) is 3.94. The summed E-state index contributed by atoms with van der Waals surface area (Å²) in [7, 11) is 4.71. The molecule has 2 unspecified atom stereocenters. The minimum atomic E-state index is -0.484. The van der Waals surface area contributed by atoms with Crippen molar-refractivity contribution < 1.29 is 18.9 Å². The van der Waals surface area contributed by atoms with E-state index in [2.05, 4.69) is 4.99 Å². The number of thioether (sulfide) groups is 1. The number of hydrogen-bond donors (Lipinski definition) is 0. The van der Waals surface area contributed by atoms with Crippen LogP contribution in [-0.2, 0) is 11.3 Å². The van der Waals surface area contributed by atoms with Crippen LogP contribution in [0.1, 0.15) is 11.1 Å². The number of nitrogens with zero attached hydrogens (tertiary/aromatic N) is 1. The molecular formula is C19H19Cl2NO4S. The summed E-state index contributed by atoms with van der Waals surface area (Å²) >= 11 is 14.1. The first kappa shape index (κ1) is 20.1. The average molecular weight is 428 g/mol. The molecule has 0 spiro atoms. The first-order valence-electron chi connectivity index (χ1n) is 8.11. The van der Waals surface area contributed by atoms with E-state index in [1.165, 1.54) is 11.8 Å². The lowest BCUT2D eigenvalue weighted by Crippen LogP contribution is -2.15. The van der Waals surface area contributed by atoms with Crippen molar-refractivity contribution in [3.05, 3.63) is 52.5 Å². The molecule has 1 aliphatic heterocycles. The van der Waals surface area contributed by atoms with Gasteiger partial charge in [-0.3, -0.25) is 0 Å². The SMILES string of the molecule is COc1cc(COC2N=C(c3ccccc3Cl)SC2Cl)cc(OC)c1OC. The molecule has 0 aliphatic carbocycles. The standard InChI is InChI=1S/C19H19Cl2NO4S/c1-23-14-8-11(9-15(24-2)16(14)25-3)10-26-18-17(21)27-19(22-18)12-6-4-5-7-13(12)20/h4-9,17-18H,10H2,1-3H3. The molecule has 0 radical (unpaired) electrons. The van der Waals surface area contributed by atoms with E-state index >= 15 is 0 Å². The summed E-state index contributed by atoms with van der Waals surface area (Å²) in [5, 5.41) is 1.41. The molecule has 1 aliphatic rings. The molecule has 0 saturated carbocycles. The Bertz CT molecular complexity index is 821. The summed E-state index contributed by atoms with van der Waals surface area (Å²) in [5.74, 6) is 1.67. The molecule has 0 bridgehead atoms. The number of aliphatic imine (C=N–C) groups is 1. The second kappa shape index (κ2) is 9.06. The Hall–Kier alpha value is -1.60. The van der Waals surface area contributed by atoms with Gasteiger partial charge >= 0.3 is 0 Å². The van der Waals surface area contributed by atoms with Crippen LogP contribution in [0.4, 0.5) is 0 Å². The van der Waals surface area contributed by atoms with Gasteiger partial charge in [0.1, 0.15) is 9.75 Å². The highest BCUT2D eigenvalue weighted by Gasteiger charge is 2.30. The van der Waals surface area contributed by atoms with Crippen molar-refractivity contribution in [1.29, 1.82) is 0 Å². The van der Waals surface area contributed by atoms with E-state index in [4.69, 9.17) is 42.1 Å². The predicted molar refractivity (Wildman–Crippen MR) is 110 cm³/mol. The fourth-order valence-corrected chi connectivity index (χ4v) is 4.25. The van der Waals surface area contributed by atoms with Crippen LogP contribution in [0.3, 0.4) is 0 Å². The normalized spacial score (nSPS) is 18.9. The summed E-state index contributed by atoms with van der Waals surface area (Å²) in [5.41, 5.74) is 1.72. The predicted octanol–water partition coefficient (Wildman–Crippen LogP) is 4.97. The van der Waals surface area contributed by atoms with Gasteiger partial charge in [0, 0.05) is 5.56 Å². The molecule has 3 rings (SSSR count). The van der Waals surface area contributed by atoms with Gasteiger partial charge in [-0.1, -0.05) is 41.6 Å². The van der Waals surface area contributed by atoms with Crippen LogP contribution in [-0.4, -0.2) is 37.3 Å². The number of benzene rings is 2. The quantitative estimate of drug-likeness (QED) is 0.583. The maximum absolute atomic E-state index is 6.42. The van der Waals surface area contributed by atoms with Gasteiger partial charge in [-0.2, -0.15) is 0 Å². The number of methoxy groups -OCH3 is 3. The topological polar surface area (TPSA) is 49.3 Å². The van der Waals surface area contributed by atoms with E-state index in [1.807, 2.05) is 36.4 Å². The van der Waals surface area contributed by atoms with Gasteiger partial charge in [0.15, 0.2) is 17.7 Å². The zero-order valence-corrected chi connectivity index (χ0v) is 17.4. The second-order valence-electron chi connectivity index (χ2n) is 5.62. The number of rotatable bonds is 7. The van der Waals surface area contributed by atoms with E-state index < -0.39 is 6.23 Å². The molecule has 0 N–H and O–H groups in total. The molecule has 0 saturated heterocycles. The van der Waals surface area contributed by atoms with Crippen LogP contribution in [0.5, 0.6) is 17.2 Å². The Morgan fingerprint density at radius 1 is 1.04 bits per heavy atom. The highest BCUT2D eigenvalue weighted by molar-refractivity contribution is 8.16. The summed E-state index contributed by atoms with van der Waals surface area (Å²) in [4.78, 5) is 4.59. The van der Waals surface area contributed by atoms with Gasteiger partial charge in [0.05, 0.1) is 33.0 Å². The summed E-state index contributed by atoms with van der Waals surface area (Å²) in [6.07, 6.45) is -0.484. The van der Waals surface area contributed by atoms with Gasteiger partial charge in [0.2, 0.25) is 5.75 Å². The monoisotopic (exact) mass is 427 g/mol. The van der Waals surface area contributed by atoms with Crippen molar-refractivity contribution in [2.45, 2.75) is 17.5 Å². The molecule has 2 aromatic rings. The molecule has 5 nitrogen and oxygen atoms in total. The summed E-state index contributed by atoms with van der Waals surface area (Å²) in [6.45, 7) is 0.296. The lowest BCUT2D eigenvalue weighted by molar-refractivity contribution is 0.0582. The van der Waals surface area contributed by atoms with Gasteiger partial charge in [-0.05, 0) is 23.8 Å². The van der Waals surface area contributed by atoms with Crippen LogP contribution in [0.25, 0.3) is 0 Å². The number of hydrogen-bond acceptors (Lipinski definition) is 6. The number of halogens is 2. The summed E-state index contributed by atoms with van der Waals surface area (Å²) in [6, 6.07) is 11.2. The minimum absolute atomic E-state index is 0.296. The second-order valence-corrected chi connectivity index (χ2v) is 7.88. The molecular weight excluding hydrogens is 409 g/mol. The Morgan fingerprint density at radius 2 is 1.70 bits per heavy atom. The molecule has 0 fully saturated rings. The van der Waals surface area contributed by atoms with Crippen LogP contribution in [0.15, 0.2) is 41.4 Å². The largest absolute Gasteiger partial charge is 0.493 e.